The van der Waals surface area contributed by atoms with Gasteiger partial charge in [0.1, 0.15) is 11.5 Å². The van der Waals surface area contributed by atoms with E-state index in [1.807, 2.05) is 0 Å². The van der Waals surface area contributed by atoms with E-state index in [0.717, 1.165) is 12.3 Å². The van der Waals surface area contributed by atoms with Gasteiger partial charge in [-0.15, -0.1) is 0 Å². The topological polar surface area (TPSA) is 49.2 Å². The second kappa shape index (κ2) is 7.19. The number of hydrogen-bond acceptors (Lipinski definition) is 4. The van der Waals surface area contributed by atoms with Crippen LogP contribution in [0.3, 0.4) is 0 Å². The van der Waals surface area contributed by atoms with Gasteiger partial charge in [0.15, 0.2) is 0 Å². The van der Waals surface area contributed by atoms with Crippen LogP contribution in [0.15, 0.2) is 36.5 Å². The molecular weight excluding hydrogens is 350 g/mol. The van der Waals surface area contributed by atoms with E-state index in [-0.39, 0.29) is 24.9 Å². The maximum atomic E-state index is 14.0. The maximum absolute atomic E-state index is 14.0. The molecule has 1 aromatic heterocycles. The van der Waals surface area contributed by atoms with Crippen LogP contribution in [0.5, 0.6) is 0 Å². The van der Waals surface area contributed by atoms with Crippen molar-refractivity contribution in [2.24, 2.45) is 5.41 Å². The predicted molar refractivity (Wildman–Crippen MR) is 88.1 cm³/mol. The molecule has 1 aliphatic heterocycles. The first-order chi connectivity index (χ1) is 12.3. The highest BCUT2D eigenvalue weighted by Gasteiger charge is 2.38. The number of aliphatic hydroxyl groups excluding tert-OH is 1. The molecule has 1 saturated heterocycles. The second-order valence-corrected chi connectivity index (χ2v) is 6.69. The predicted octanol–water partition coefficient (Wildman–Crippen LogP) is 3.46. The minimum Gasteiger partial charge on any atom is -0.396 e. The van der Waals surface area contributed by atoms with Crippen LogP contribution in [0.2, 0.25) is 0 Å². The van der Waals surface area contributed by atoms with Crippen molar-refractivity contribution < 1.29 is 22.7 Å². The van der Waals surface area contributed by atoms with Crippen LogP contribution in [0, 0.1) is 11.2 Å². The third-order valence-corrected chi connectivity index (χ3v) is 4.74. The average Bonchev–Trinajstić information content (AvgIpc) is 2.63. The molecule has 0 saturated carbocycles. The molecule has 1 fully saturated rings. The zero-order valence-corrected chi connectivity index (χ0v) is 14.0. The van der Waals surface area contributed by atoms with E-state index in [4.69, 9.17) is 0 Å². The van der Waals surface area contributed by atoms with Gasteiger partial charge in [0.2, 0.25) is 5.95 Å². The molecule has 3 rings (SSSR count). The van der Waals surface area contributed by atoms with Crippen molar-refractivity contribution in [3.63, 3.8) is 0 Å². The molecular formula is C18H19F4N3O. The third-order valence-electron chi connectivity index (χ3n) is 4.74. The molecule has 0 unspecified atom stereocenters. The Morgan fingerprint density at radius 2 is 1.96 bits per heavy atom. The van der Waals surface area contributed by atoms with Crippen molar-refractivity contribution in [2.45, 2.75) is 25.4 Å². The lowest BCUT2D eigenvalue weighted by Gasteiger charge is -2.42. The normalized spacial score (nSPS) is 21.0. The summed E-state index contributed by atoms with van der Waals surface area (Å²) >= 11 is 0. The van der Waals surface area contributed by atoms with Gasteiger partial charge in [-0.3, -0.25) is 0 Å². The summed E-state index contributed by atoms with van der Waals surface area (Å²) in [6, 6.07) is 7.16. The fourth-order valence-corrected chi connectivity index (χ4v) is 3.41. The Bertz CT molecular complexity index is 768. The van der Waals surface area contributed by atoms with E-state index in [1.54, 1.807) is 23.1 Å². The molecule has 2 aromatic rings. The number of benzene rings is 1. The number of rotatable bonds is 4. The van der Waals surface area contributed by atoms with E-state index >= 15 is 0 Å². The first-order valence-corrected chi connectivity index (χ1v) is 8.32. The van der Waals surface area contributed by atoms with Gasteiger partial charge in [0.25, 0.3) is 0 Å². The minimum absolute atomic E-state index is 0.0223. The summed E-state index contributed by atoms with van der Waals surface area (Å²) in [4.78, 5) is 9.22. The molecule has 0 radical (unpaired) electrons. The Kier molecular flexibility index (Phi) is 5.13. The number of nitrogens with zero attached hydrogens (tertiary/aromatic N) is 3. The summed E-state index contributed by atoms with van der Waals surface area (Å²) in [6.07, 6.45) is -1.88. The Balaban J connectivity index is 1.84. The molecule has 140 valence electrons. The van der Waals surface area contributed by atoms with Crippen molar-refractivity contribution in [2.75, 3.05) is 24.6 Å². The lowest BCUT2D eigenvalue weighted by atomic mass is 9.75. The summed E-state index contributed by atoms with van der Waals surface area (Å²) in [5, 5.41) is 9.97. The monoisotopic (exact) mass is 369 g/mol. The number of anilines is 1. The van der Waals surface area contributed by atoms with E-state index in [9.17, 15) is 22.7 Å². The molecule has 0 bridgehead atoms. The van der Waals surface area contributed by atoms with E-state index in [1.165, 1.54) is 6.07 Å². The number of halogens is 4. The molecule has 1 atom stereocenters. The lowest BCUT2D eigenvalue weighted by Crippen LogP contribution is -2.47. The first kappa shape index (κ1) is 18.6. The minimum atomic E-state index is -4.55. The van der Waals surface area contributed by atoms with E-state index < -0.39 is 17.3 Å². The van der Waals surface area contributed by atoms with Crippen LogP contribution in [0.4, 0.5) is 23.5 Å². The highest BCUT2D eigenvalue weighted by Crippen LogP contribution is 2.36. The summed E-state index contributed by atoms with van der Waals surface area (Å²) in [6.45, 7) is 0.552. The van der Waals surface area contributed by atoms with Crippen LogP contribution in [0.1, 0.15) is 24.1 Å². The summed E-state index contributed by atoms with van der Waals surface area (Å²) in [7, 11) is 0. The fraction of sp³-hybridized carbons (Fsp3) is 0.444. The smallest absolute Gasteiger partial charge is 0.396 e. The molecule has 8 heteroatoms. The Hall–Kier alpha value is -2.22. The van der Waals surface area contributed by atoms with Crippen molar-refractivity contribution in [1.29, 1.82) is 0 Å². The number of alkyl halides is 3. The molecule has 1 aliphatic rings. The largest absolute Gasteiger partial charge is 0.433 e. The molecule has 1 aromatic carbocycles. The zero-order valence-electron chi connectivity index (χ0n) is 14.0. The molecule has 1 N–H and O–H groups in total. The first-order valence-electron chi connectivity index (χ1n) is 8.32. The highest BCUT2D eigenvalue weighted by atomic mass is 19.4. The Morgan fingerprint density at radius 1 is 1.19 bits per heavy atom. The lowest BCUT2D eigenvalue weighted by molar-refractivity contribution is -0.141. The number of hydrogen-bond donors (Lipinski definition) is 1. The van der Waals surface area contributed by atoms with Crippen LogP contribution in [-0.2, 0) is 12.6 Å². The van der Waals surface area contributed by atoms with Crippen LogP contribution in [-0.4, -0.2) is 34.8 Å². The van der Waals surface area contributed by atoms with Gasteiger partial charge < -0.3 is 10.0 Å². The van der Waals surface area contributed by atoms with Crippen LogP contribution < -0.4 is 4.90 Å². The Labute approximate surface area is 148 Å². The molecule has 2 heterocycles. The van der Waals surface area contributed by atoms with Gasteiger partial charge in [0.05, 0.1) is 6.61 Å². The van der Waals surface area contributed by atoms with Gasteiger partial charge >= 0.3 is 6.18 Å². The fourth-order valence-electron chi connectivity index (χ4n) is 3.41. The summed E-state index contributed by atoms with van der Waals surface area (Å²) in [5.41, 5.74) is -1.18. The van der Waals surface area contributed by atoms with Gasteiger partial charge in [-0.2, -0.15) is 13.2 Å². The summed E-state index contributed by atoms with van der Waals surface area (Å²) < 4.78 is 52.7. The SMILES string of the molecule is OC[C@@]1(Cc2ccccc2F)CCCN(c2nccc(C(F)(F)F)n2)C1. The average molecular weight is 369 g/mol. The number of aromatic nitrogens is 2. The third kappa shape index (κ3) is 3.95. The zero-order chi connectivity index (χ0) is 18.8. The van der Waals surface area contributed by atoms with E-state index in [2.05, 4.69) is 9.97 Å². The Morgan fingerprint density at radius 3 is 2.65 bits per heavy atom. The van der Waals surface area contributed by atoms with Crippen molar-refractivity contribution in [3.8, 4) is 0 Å². The van der Waals surface area contributed by atoms with Gasteiger partial charge in [-0.05, 0) is 37.0 Å². The molecule has 0 amide bonds. The summed E-state index contributed by atoms with van der Waals surface area (Å²) in [5.74, 6) is -0.376. The van der Waals surface area contributed by atoms with E-state index in [0.29, 0.717) is 31.4 Å². The van der Waals surface area contributed by atoms with Crippen molar-refractivity contribution in [1.82, 2.24) is 9.97 Å². The standard InChI is InChI=1S/C18H19F4N3O/c19-14-5-2-1-4-13(14)10-17(12-26)7-3-9-25(11-17)16-23-8-6-15(24-16)18(20,21)22/h1-2,4-6,8,26H,3,7,9-12H2/t17-/m1/s1. The van der Waals surface area contributed by atoms with Gasteiger partial charge in [-0.1, -0.05) is 18.2 Å². The molecule has 4 nitrogen and oxygen atoms in total. The van der Waals surface area contributed by atoms with Gasteiger partial charge in [0, 0.05) is 24.7 Å². The quantitative estimate of drug-likeness (QED) is 0.839. The molecule has 26 heavy (non-hydrogen) atoms. The number of piperidine rings is 1. The molecule has 0 aliphatic carbocycles. The molecule has 0 spiro atoms. The van der Waals surface area contributed by atoms with Gasteiger partial charge in [-0.25, -0.2) is 14.4 Å². The number of aliphatic hydroxyl groups is 1. The van der Waals surface area contributed by atoms with Crippen LogP contribution in [0.25, 0.3) is 0 Å². The maximum Gasteiger partial charge on any atom is 0.433 e. The van der Waals surface area contributed by atoms with Crippen molar-refractivity contribution >= 4 is 5.95 Å². The second-order valence-electron chi connectivity index (χ2n) is 6.69. The van der Waals surface area contributed by atoms with Crippen molar-refractivity contribution in [3.05, 3.63) is 53.6 Å². The highest BCUT2D eigenvalue weighted by molar-refractivity contribution is 5.33. The van der Waals surface area contributed by atoms with Crippen LogP contribution >= 0.6 is 0 Å².